The van der Waals surface area contributed by atoms with Crippen LogP contribution >= 0.6 is 0 Å². The van der Waals surface area contributed by atoms with Crippen LogP contribution in [-0.2, 0) is 6.42 Å². The van der Waals surface area contributed by atoms with Gasteiger partial charge in [0.1, 0.15) is 0 Å². The Labute approximate surface area is 119 Å². The van der Waals surface area contributed by atoms with Crippen LogP contribution in [0.25, 0.3) is 0 Å². The van der Waals surface area contributed by atoms with E-state index < -0.39 is 0 Å². The van der Waals surface area contributed by atoms with Crippen molar-refractivity contribution in [2.45, 2.75) is 6.42 Å². The number of hydrogen-bond acceptors (Lipinski definition) is 0. The molecule has 0 bridgehead atoms. The molecule has 0 nitrogen and oxygen atoms in total. The molecule has 0 radical (unpaired) electrons. The average molecular weight is 252 g/mol. The molecule has 0 spiro atoms. The summed E-state index contributed by atoms with van der Waals surface area (Å²) >= 11 is 0. The van der Waals surface area contributed by atoms with Gasteiger partial charge in [-0.05, 0) is 0 Å². The van der Waals surface area contributed by atoms with Gasteiger partial charge in [-0.1, -0.05) is 35.9 Å². The smallest absolute Gasteiger partial charge is 1.00 e. The third-order valence-corrected chi connectivity index (χ3v) is 1.13. The van der Waals surface area contributed by atoms with E-state index in [1.54, 1.807) is 0 Å². The van der Waals surface area contributed by atoms with Crippen LogP contribution in [0.1, 0.15) is 5.56 Å². The summed E-state index contributed by atoms with van der Waals surface area (Å²) < 4.78 is 0. The Bertz CT molecular complexity index is 160. The van der Waals surface area contributed by atoms with Crippen LogP contribution in [0.5, 0.6) is 0 Å². The summed E-state index contributed by atoms with van der Waals surface area (Å²) in [7, 11) is 0. The summed E-state index contributed by atoms with van der Waals surface area (Å²) in [5, 5.41) is 0. The number of hydrogen-bond donors (Lipinski definition) is 0. The van der Waals surface area contributed by atoms with Crippen molar-refractivity contribution in [3.05, 3.63) is 42.8 Å². The van der Waals surface area contributed by atoms with Crippen molar-refractivity contribution in [2.24, 2.45) is 0 Å². The molecule has 0 N–H and O–H groups in total. The molecule has 0 fully saturated rings. The molecule has 0 aliphatic carbocycles. The van der Waals surface area contributed by atoms with Crippen molar-refractivity contribution < 1.29 is 48.2 Å². The Morgan fingerprint density at radius 2 is 1.50 bits per heavy atom. The Kier molecular flexibility index (Phi) is 28.8. The molecule has 0 aromatic heterocycles. The normalized spacial score (nSPS) is 6.08. The predicted octanol–water partition coefficient (Wildman–Crippen LogP) is -7.31. The summed E-state index contributed by atoms with van der Waals surface area (Å²) in [4.78, 5) is 0. The summed E-state index contributed by atoms with van der Waals surface area (Å²) in [5.41, 5.74) is 1.30. The summed E-state index contributed by atoms with van der Waals surface area (Å²) in [5.74, 6) is 0. The van der Waals surface area contributed by atoms with Gasteiger partial charge in [0.05, 0.1) is 0 Å². The topological polar surface area (TPSA) is 0 Å². The van der Waals surface area contributed by atoms with E-state index in [2.05, 4.69) is 19.1 Å². The molecule has 0 atom stereocenters. The van der Waals surface area contributed by atoms with Crippen LogP contribution in [0.3, 0.4) is 0 Å². The minimum absolute atomic E-state index is 0. The molecule has 1 aromatic carbocycles. The van der Waals surface area contributed by atoms with Crippen LogP contribution in [0.2, 0.25) is 0 Å². The molecule has 12 heavy (non-hydrogen) atoms. The van der Waals surface area contributed by atoms with Crippen LogP contribution in [-0.4, -0.2) is 23.1 Å². The minimum Gasteiger partial charge on any atom is -1.00 e. The van der Waals surface area contributed by atoms with E-state index in [-0.39, 0.29) is 71.3 Å². The molecular formula is C8H9BrClLiMg. The quantitative estimate of drug-likeness (QED) is 0.344. The van der Waals surface area contributed by atoms with Gasteiger partial charge in [0.15, 0.2) is 0 Å². The first-order valence-electron chi connectivity index (χ1n) is 2.76. The first kappa shape index (κ1) is 23.3. The van der Waals surface area contributed by atoms with Crippen LogP contribution in [0, 0.1) is 6.92 Å². The van der Waals surface area contributed by atoms with Crippen molar-refractivity contribution >= 4 is 23.1 Å². The summed E-state index contributed by atoms with van der Waals surface area (Å²) in [6.07, 6.45) is 0.890. The van der Waals surface area contributed by atoms with E-state index in [1.807, 2.05) is 18.2 Å². The van der Waals surface area contributed by atoms with Crippen molar-refractivity contribution in [2.75, 3.05) is 0 Å². The van der Waals surface area contributed by atoms with Gasteiger partial charge >= 0.3 is 41.9 Å². The van der Waals surface area contributed by atoms with Crippen LogP contribution in [0.4, 0.5) is 0 Å². The molecule has 0 aliphatic rings. The summed E-state index contributed by atoms with van der Waals surface area (Å²) in [6, 6.07) is 10.2. The molecule has 0 saturated carbocycles. The second kappa shape index (κ2) is 14.9. The predicted molar refractivity (Wildman–Crippen MR) is 41.3 cm³/mol. The third-order valence-electron chi connectivity index (χ3n) is 1.13. The third kappa shape index (κ3) is 9.44. The van der Waals surface area contributed by atoms with Gasteiger partial charge < -0.3 is 36.3 Å². The van der Waals surface area contributed by atoms with Gasteiger partial charge in [-0.15, -0.1) is 0 Å². The molecule has 0 unspecified atom stereocenters. The fraction of sp³-hybridized carbons (Fsp3) is 0.125. The zero-order valence-electron chi connectivity index (χ0n) is 7.26. The maximum Gasteiger partial charge on any atom is 2.00 e. The number of rotatable bonds is 1. The van der Waals surface area contributed by atoms with Crippen LogP contribution < -0.4 is 48.2 Å². The Morgan fingerprint density at radius 3 is 1.75 bits per heavy atom. The molecule has 4 heteroatoms. The Balaban J connectivity index is -0.0000000800. The van der Waals surface area contributed by atoms with Gasteiger partial charge in [0.25, 0.3) is 0 Å². The first-order chi connectivity index (χ1) is 3.93. The van der Waals surface area contributed by atoms with E-state index in [9.17, 15) is 0 Å². The molecule has 0 saturated heterocycles. The molecule has 0 heterocycles. The number of halogens is 2. The first-order valence-corrected chi connectivity index (χ1v) is 2.76. The summed E-state index contributed by atoms with van der Waals surface area (Å²) in [6.45, 7) is 3.76. The van der Waals surface area contributed by atoms with Crippen molar-refractivity contribution in [1.29, 1.82) is 0 Å². The fourth-order valence-corrected chi connectivity index (χ4v) is 0.645. The van der Waals surface area contributed by atoms with Crippen LogP contribution in [0.15, 0.2) is 30.3 Å². The number of benzene rings is 1. The van der Waals surface area contributed by atoms with E-state index in [0.717, 1.165) is 6.42 Å². The second-order valence-corrected chi connectivity index (χ2v) is 1.74. The standard InChI is InChI=1S/C8H9.BrH.ClH.Li.Mg/c1-2-8-6-4-3-5-7-8;;;;/h3-7H,1-2H2;2*1H;;/q-1;;;+1;+2/p-2. The molecular weight excluding hydrogens is 243 g/mol. The monoisotopic (exact) mass is 250 g/mol. The largest absolute Gasteiger partial charge is 2.00 e. The van der Waals surface area contributed by atoms with Gasteiger partial charge in [0.2, 0.25) is 0 Å². The minimum atomic E-state index is 0. The average Bonchev–Trinajstić information content (AvgIpc) is 1.90. The molecule has 0 amide bonds. The molecule has 58 valence electrons. The second-order valence-electron chi connectivity index (χ2n) is 1.74. The van der Waals surface area contributed by atoms with Crippen molar-refractivity contribution in [3.8, 4) is 0 Å². The SMILES string of the molecule is [Br-].[CH2-]Cc1ccccc1.[Cl-].[Li+].[Mg+2]. The van der Waals surface area contributed by atoms with Crippen molar-refractivity contribution in [3.63, 3.8) is 0 Å². The maximum absolute atomic E-state index is 3.76. The molecule has 1 aromatic rings. The molecule has 1 rings (SSSR count). The maximum atomic E-state index is 3.76. The Morgan fingerprint density at radius 1 is 1.08 bits per heavy atom. The van der Waals surface area contributed by atoms with E-state index in [0.29, 0.717) is 0 Å². The zero-order valence-corrected chi connectivity index (χ0v) is 11.0. The fourth-order valence-electron chi connectivity index (χ4n) is 0.645. The molecule has 0 aliphatic heterocycles. The van der Waals surface area contributed by atoms with E-state index in [1.165, 1.54) is 5.56 Å². The van der Waals surface area contributed by atoms with E-state index in [4.69, 9.17) is 0 Å². The van der Waals surface area contributed by atoms with Gasteiger partial charge in [-0.25, -0.2) is 0 Å². The van der Waals surface area contributed by atoms with Gasteiger partial charge in [-0.3, -0.25) is 0 Å². The van der Waals surface area contributed by atoms with E-state index >= 15 is 0 Å². The van der Waals surface area contributed by atoms with Gasteiger partial charge in [-0.2, -0.15) is 6.42 Å². The van der Waals surface area contributed by atoms with Gasteiger partial charge in [0, 0.05) is 0 Å². The Hall–Kier alpha value is 1.35. The van der Waals surface area contributed by atoms with Crippen molar-refractivity contribution in [1.82, 2.24) is 0 Å². The zero-order chi connectivity index (χ0) is 5.82.